The van der Waals surface area contributed by atoms with E-state index in [0.717, 1.165) is 33.3 Å². The van der Waals surface area contributed by atoms with Crippen molar-refractivity contribution in [2.24, 2.45) is 0 Å². The Morgan fingerprint density at radius 1 is 0.339 bits per heavy atom. The van der Waals surface area contributed by atoms with Gasteiger partial charge in [0.1, 0.15) is 11.2 Å². The van der Waals surface area contributed by atoms with Crippen molar-refractivity contribution in [3.8, 4) is 22.3 Å². The van der Waals surface area contributed by atoms with Gasteiger partial charge < -0.3 is 14.2 Å². The zero-order chi connectivity index (χ0) is 36.7. The molecule has 0 unspecified atom stereocenters. The van der Waals surface area contributed by atoms with E-state index in [1.54, 1.807) is 0 Å². The van der Waals surface area contributed by atoms with Crippen LogP contribution in [0.15, 0.2) is 205 Å². The molecule has 2 aliphatic heterocycles. The van der Waals surface area contributed by atoms with Gasteiger partial charge in [-0.15, -0.1) is 0 Å². The van der Waals surface area contributed by atoms with Gasteiger partial charge >= 0.3 is 0 Å². The third-order valence-electron chi connectivity index (χ3n) is 11.8. The molecule has 0 spiro atoms. The lowest BCUT2D eigenvalue weighted by atomic mass is 9.33. The van der Waals surface area contributed by atoms with Crippen LogP contribution in [-0.4, -0.2) is 6.71 Å². The minimum atomic E-state index is 0.0932. The third-order valence-corrected chi connectivity index (χ3v) is 11.8. The topological polar surface area (TPSA) is 19.6 Å². The standard InChI is InChI=1S/C52H33BN2O/c1-3-14-40(15-4-1)54-46-19-10-9-18-44(46)53-45-28-26-39(32-49(45)55(41-16-5-2-6-17-41)48-21-11-20-47(54)52(48)53)35-24-22-34(23-25-35)38-27-29-50-42(31-38)43-30-36-12-7-8-13-37(36)33-51(43)56-50/h1-33H. The second kappa shape index (κ2) is 12.1. The number of hydrogen-bond donors (Lipinski definition) is 0. The Morgan fingerprint density at radius 3 is 1.57 bits per heavy atom. The van der Waals surface area contributed by atoms with Gasteiger partial charge in [-0.2, -0.15) is 0 Å². The zero-order valence-electron chi connectivity index (χ0n) is 30.4. The summed E-state index contributed by atoms with van der Waals surface area (Å²) in [5.41, 5.74) is 17.7. The molecule has 0 radical (unpaired) electrons. The van der Waals surface area contributed by atoms with Crippen LogP contribution in [0.2, 0.25) is 0 Å². The quantitative estimate of drug-likeness (QED) is 0.169. The van der Waals surface area contributed by atoms with Crippen LogP contribution < -0.4 is 26.2 Å². The van der Waals surface area contributed by atoms with Crippen molar-refractivity contribution in [2.45, 2.75) is 0 Å². The molecule has 0 fully saturated rings. The van der Waals surface area contributed by atoms with E-state index in [-0.39, 0.29) is 6.71 Å². The van der Waals surface area contributed by atoms with Crippen molar-refractivity contribution in [3.63, 3.8) is 0 Å². The Morgan fingerprint density at radius 2 is 0.857 bits per heavy atom. The lowest BCUT2D eigenvalue weighted by molar-refractivity contribution is 0.669. The number of fused-ring (bicyclic) bond motifs is 8. The van der Waals surface area contributed by atoms with Crippen LogP contribution in [0.25, 0.3) is 55.0 Å². The average Bonchev–Trinajstić information content (AvgIpc) is 3.62. The molecule has 0 N–H and O–H groups in total. The summed E-state index contributed by atoms with van der Waals surface area (Å²) in [5, 5.41) is 4.70. The van der Waals surface area contributed by atoms with E-state index in [2.05, 4.69) is 210 Å². The fourth-order valence-electron chi connectivity index (χ4n) is 9.27. The van der Waals surface area contributed by atoms with Crippen LogP contribution >= 0.6 is 0 Å². The lowest BCUT2D eigenvalue weighted by Crippen LogP contribution is -2.61. The molecular formula is C52H33BN2O. The smallest absolute Gasteiger partial charge is 0.252 e. The van der Waals surface area contributed by atoms with E-state index in [9.17, 15) is 0 Å². The number of nitrogens with zero attached hydrogens (tertiary/aromatic N) is 2. The Bertz CT molecular complexity index is 3150. The molecule has 0 saturated carbocycles. The number of benzene rings is 9. The molecule has 1 aromatic heterocycles. The summed E-state index contributed by atoms with van der Waals surface area (Å²) in [5.74, 6) is 0. The monoisotopic (exact) mass is 712 g/mol. The SMILES string of the molecule is c1ccc(N2c3ccccc3B3c4ccc(-c5ccc(-c6ccc7oc8cc9ccccc9cc8c7c6)cc5)cc4N(c4ccccc4)c4cccc2c43)cc1. The van der Waals surface area contributed by atoms with Crippen LogP contribution in [0.4, 0.5) is 34.1 Å². The average molecular weight is 713 g/mol. The zero-order valence-corrected chi connectivity index (χ0v) is 30.4. The van der Waals surface area contributed by atoms with Gasteiger partial charge in [-0.1, -0.05) is 127 Å². The van der Waals surface area contributed by atoms with Gasteiger partial charge in [0, 0.05) is 44.9 Å². The summed E-state index contributed by atoms with van der Waals surface area (Å²) in [6, 6.07) is 72.8. The summed E-state index contributed by atoms with van der Waals surface area (Å²) < 4.78 is 6.30. The fourth-order valence-corrected chi connectivity index (χ4v) is 9.27. The highest BCUT2D eigenvalue weighted by molar-refractivity contribution is 7.00. The Hall–Kier alpha value is -7.30. The molecule has 9 aromatic carbocycles. The number of anilines is 6. The van der Waals surface area contributed by atoms with Crippen molar-refractivity contribution in [2.75, 3.05) is 9.80 Å². The number of hydrogen-bond acceptors (Lipinski definition) is 3. The largest absolute Gasteiger partial charge is 0.456 e. The second-order valence-corrected chi connectivity index (χ2v) is 14.9. The predicted octanol–water partition coefficient (Wildman–Crippen LogP) is 12.2. The first-order valence-electron chi connectivity index (χ1n) is 19.3. The number of para-hydroxylation sites is 3. The first-order chi connectivity index (χ1) is 27.8. The fraction of sp³-hybridized carbons (Fsp3) is 0. The van der Waals surface area contributed by atoms with Crippen molar-refractivity contribution in [1.82, 2.24) is 0 Å². The highest BCUT2D eigenvalue weighted by Gasteiger charge is 2.42. The molecule has 0 atom stereocenters. The molecule has 56 heavy (non-hydrogen) atoms. The predicted molar refractivity (Wildman–Crippen MR) is 236 cm³/mol. The van der Waals surface area contributed by atoms with Crippen LogP contribution in [0.1, 0.15) is 0 Å². The molecule has 0 aliphatic carbocycles. The molecule has 0 amide bonds. The van der Waals surface area contributed by atoms with Crippen LogP contribution in [0.5, 0.6) is 0 Å². The molecule has 2 aliphatic rings. The summed E-state index contributed by atoms with van der Waals surface area (Å²) in [6.07, 6.45) is 0. The third kappa shape index (κ3) is 4.66. The molecule has 3 nitrogen and oxygen atoms in total. The van der Waals surface area contributed by atoms with E-state index < -0.39 is 0 Å². The molecule has 260 valence electrons. The Balaban J connectivity index is 0.978. The van der Waals surface area contributed by atoms with Gasteiger partial charge in [0.2, 0.25) is 0 Å². The Kier molecular flexibility index (Phi) is 6.72. The summed E-state index contributed by atoms with van der Waals surface area (Å²) in [6.45, 7) is 0.0932. The maximum absolute atomic E-state index is 6.30. The first kappa shape index (κ1) is 31.1. The number of furan rings is 1. The molecule has 0 bridgehead atoms. The maximum atomic E-state index is 6.30. The normalized spacial score (nSPS) is 12.9. The van der Waals surface area contributed by atoms with E-state index >= 15 is 0 Å². The van der Waals surface area contributed by atoms with Crippen molar-refractivity contribution in [1.29, 1.82) is 0 Å². The van der Waals surface area contributed by atoms with Crippen molar-refractivity contribution in [3.05, 3.63) is 200 Å². The maximum Gasteiger partial charge on any atom is 0.252 e. The van der Waals surface area contributed by atoms with Gasteiger partial charge in [-0.3, -0.25) is 0 Å². The second-order valence-electron chi connectivity index (χ2n) is 14.9. The minimum Gasteiger partial charge on any atom is -0.456 e. The molecule has 12 rings (SSSR count). The van der Waals surface area contributed by atoms with E-state index in [4.69, 9.17) is 4.42 Å². The van der Waals surface area contributed by atoms with Gasteiger partial charge in [0.15, 0.2) is 0 Å². The molecule has 10 aromatic rings. The summed E-state index contributed by atoms with van der Waals surface area (Å²) >= 11 is 0. The molecule has 4 heteroatoms. The minimum absolute atomic E-state index is 0.0932. The van der Waals surface area contributed by atoms with Gasteiger partial charge in [0.05, 0.1) is 0 Å². The van der Waals surface area contributed by atoms with Gasteiger partial charge in [-0.25, -0.2) is 0 Å². The highest BCUT2D eigenvalue weighted by Crippen LogP contribution is 2.44. The first-order valence-corrected chi connectivity index (χ1v) is 19.3. The summed E-state index contributed by atoms with van der Waals surface area (Å²) in [7, 11) is 0. The molecule has 0 saturated heterocycles. The lowest BCUT2D eigenvalue weighted by Gasteiger charge is -2.44. The van der Waals surface area contributed by atoms with E-state index in [1.807, 2.05) is 0 Å². The highest BCUT2D eigenvalue weighted by atomic mass is 16.3. The number of rotatable bonds is 4. The van der Waals surface area contributed by atoms with Crippen molar-refractivity contribution >= 4 is 89.9 Å². The van der Waals surface area contributed by atoms with Gasteiger partial charge in [0.25, 0.3) is 6.71 Å². The summed E-state index contributed by atoms with van der Waals surface area (Å²) in [4.78, 5) is 4.90. The van der Waals surface area contributed by atoms with E-state index in [1.165, 1.54) is 72.2 Å². The van der Waals surface area contributed by atoms with Crippen molar-refractivity contribution < 1.29 is 4.42 Å². The van der Waals surface area contributed by atoms with Crippen LogP contribution in [0, 0.1) is 0 Å². The van der Waals surface area contributed by atoms with E-state index in [0.29, 0.717) is 0 Å². The molecular weight excluding hydrogens is 679 g/mol. The van der Waals surface area contributed by atoms with Crippen LogP contribution in [0.3, 0.4) is 0 Å². The Labute approximate surface area is 325 Å². The van der Waals surface area contributed by atoms with Crippen LogP contribution in [-0.2, 0) is 0 Å². The van der Waals surface area contributed by atoms with Gasteiger partial charge in [-0.05, 0) is 122 Å². The molecule has 3 heterocycles.